The van der Waals surface area contributed by atoms with Crippen molar-refractivity contribution < 1.29 is 0 Å². The molecular formula is C16H24BrN3. The molecule has 0 aromatic heterocycles. The van der Waals surface area contributed by atoms with E-state index in [1.165, 1.54) is 48.2 Å². The maximum absolute atomic E-state index is 5.90. The topological polar surface area (TPSA) is 32.5 Å². The third-order valence-corrected chi connectivity index (χ3v) is 5.27. The third kappa shape index (κ3) is 3.02. The Morgan fingerprint density at radius 3 is 2.95 bits per heavy atom. The summed E-state index contributed by atoms with van der Waals surface area (Å²) in [5.74, 6) is 0. The van der Waals surface area contributed by atoms with Crippen molar-refractivity contribution in [3.63, 3.8) is 0 Å². The lowest BCUT2D eigenvalue weighted by atomic mass is 10.1. The zero-order chi connectivity index (χ0) is 14.1. The molecule has 2 unspecified atom stereocenters. The summed E-state index contributed by atoms with van der Waals surface area (Å²) >= 11 is 3.71. The van der Waals surface area contributed by atoms with E-state index in [9.17, 15) is 0 Å². The average molecular weight is 338 g/mol. The highest BCUT2D eigenvalue weighted by Crippen LogP contribution is 2.29. The SMILES string of the molecule is CC(N)Cc1ccc(N2CCN3CCCC3C2)cc1Br. The summed E-state index contributed by atoms with van der Waals surface area (Å²) in [6.45, 7) is 6.90. The minimum absolute atomic E-state index is 0.208. The summed E-state index contributed by atoms with van der Waals surface area (Å²) < 4.78 is 1.20. The van der Waals surface area contributed by atoms with Crippen LogP contribution in [0.4, 0.5) is 5.69 Å². The molecule has 0 spiro atoms. The van der Waals surface area contributed by atoms with Crippen LogP contribution < -0.4 is 10.6 Å². The second kappa shape index (κ2) is 6.04. The Kier molecular flexibility index (Phi) is 4.34. The van der Waals surface area contributed by atoms with Gasteiger partial charge < -0.3 is 10.6 Å². The number of nitrogens with zero attached hydrogens (tertiary/aromatic N) is 2. The number of nitrogens with two attached hydrogens (primary N) is 1. The molecule has 2 aliphatic rings. The van der Waals surface area contributed by atoms with E-state index in [0.717, 1.165) is 19.0 Å². The third-order valence-electron chi connectivity index (χ3n) is 4.53. The molecule has 0 radical (unpaired) electrons. The van der Waals surface area contributed by atoms with Crippen molar-refractivity contribution in [2.24, 2.45) is 5.73 Å². The first-order valence-electron chi connectivity index (χ1n) is 7.66. The first-order valence-corrected chi connectivity index (χ1v) is 8.46. The standard InChI is InChI=1S/C16H24BrN3/c1-12(18)9-13-4-5-14(10-16(13)17)20-8-7-19-6-2-3-15(19)11-20/h4-5,10,12,15H,2-3,6-9,11,18H2,1H3. The van der Waals surface area contributed by atoms with Gasteiger partial charge in [-0.05, 0) is 50.4 Å². The summed E-state index contributed by atoms with van der Waals surface area (Å²) in [7, 11) is 0. The predicted octanol–water partition coefficient (Wildman–Crippen LogP) is 2.62. The van der Waals surface area contributed by atoms with Crippen LogP contribution in [0.1, 0.15) is 25.3 Å². The first kappa shape index (κ1) is 14.4. The molecule has 0 aliphatic carbocycles. The number of hydrogen-bond acceptors (Lipinski definition) is 3. The van der Waals surface area contributed by atoms with Crippen LogP contribution >= 0.6 is 15.9 Å². The fourth-order valence-electron chi connectivity index (χ4n) is 3.47. The lowest BCUT2D eigenvalue weighted by Crippen LogP contribution is -2.50. The number of benzene rings is 1. The summed E-state index contributed by atoms with van der Waals surface area (Å²) in [4.78, 5) is 5.18. The molecule has 0 amide bonds. The van der Waals surface area contributed by atoms with E-state index in [0.29, 0.717) is 0 Å². The Bertz CT molecular complexity index is 475. The van der Waals surface area contributed by atoms with Crippen LogP contribution in [0, 0.1) is 0 Å². The molecule has 2 aliphatic heterocycles. The second-order valence-corrected chi connectivity index (χ2v) is 7.09. The molecule has 1 aromatic rings. The van der Waals surface area contributed by atoms with Crippen LogP contribution in [0.15, 0.2) is 22.7 Å². The molecule has 2 saturated heterocycles. The van der Waals surface area contributed by atoms with Crippen LogP contribution in [0.5, 0.6) is 0 Å². The average Bonchev–Trinajstić information content (AvgIpc) is 2.87. The first-order chi connectivity index (χ1) is 9.63. The smallest absolute Gasteiger partial charge is 0.0378 e. The zero-order valence-corrected chi connectivity index (χ0v) is 13.8. The molecule has 2 fully saturated rings. The Hall–Kier alpha value is -0.580. The molecule has 3 nitrogen and oxygen atoms in total. The van der Waals surface area contributed by atoms with Gasteiger partial charge in [0.05, 0.1) is 0 Å². The number of fused-ring (bicyclic) bond motifs is 1. The van der Waals surface area contributed by atoms with Crippen molar-refractivity contribution in [2.75, 3.05) is 31.1 Å². The van der Waals surface area contributed by atoms with Crippen LogP contribution in [-0.2, 0) is 6.42 Å². The number of rotatable bonds is 3. The van der Waals surface area contributed by atoms with Gasteiger partial charge in [-0.3, -0.25) is 4.90 Å². The van der Waals surface area contributed by atoms with Crippen molar-refractivity contribution in [3.05, 3.63) is 28.2 Å². The molecule has 110 valence electrons. The molecule has 0 saturated carbocycles. The molecule has 2 heterocycles. The fourth-order valence-corrected chi connectivity index (χ4v) is 4.00. The zero-order valence-electron chi connectivity index (χ0n) is 12.2. The lowest BCUT2D eigenvalue weighted by molar-refractivity contribution is 0.231. The highest BCUT2D eigenvalue weighted by molar-refractivity contribution is 9.10. The summed E-state index contributed by atoms with van der Waals surface area (Å²) in [5, 5.41) is 0. The molecule has 1 aromatic carbocycles. The number of anilines is 1. The number of halogens is 1. The van der Waals surface area contributed by atoms with Gasteiger partial charge in [0.15, 0.2) is 0 Å². The second-order valence-electron chi connectivity index (χ2n) is 6.24. The van der Waals surface area contributed by atoms with Crippen molar-refractivity contribution in [1.29, 1.82) is 0 Å². The number of piperazine rings is 1. The van der Waals surface area contributed by atoms with Crippen molar-refractivity contribution >= 4 is 21.6 Å². The van der Waals surface area contributed by atoms with E-state index in [1.54, 1.807) is 0 Å². The van der Waals surface area contributed by atoms with E-state index >= 15 is 0 Å². The van der Waals surface area contributed by atoms with E-state index in [1.807, 2.05) is 0 Å². The summed E-state index contributed by atoms with van der Waals surface area (Å²) in [5.41, 5.74) is 8.55. The lowest BCUT2D eigenvalue weighted by Gasteiger charge is -2.39. The van der Waals surface area contributed by atoms with Gasteiger partial charge in [-0.15, -0.1) is 0 Å². The van der Waals surface area contributed by atoms with Gasteiger partial charge >= 0.3 is 0 Å². The molecular weight excluding hydrogens is 314 g/mol. The largest absolute Gasteiger partial charge is 0.369 e. The van der Waals surface area contributed by atoms with E-state index in [-0.39, 0.29) is 6.04 Å². The molecule has 3 rings (SSSR count). The van der Waals surface area contributed by atoms with Gasteiger partial charge in [0.1, 0.15) is 0 Å². The van der Waals surface area contributed by atoms with Crippen LogP contribution in [-0.4, -0.2) is 43.2 Å². The van der Waals surface area contributed by atoms with Gasteiger partial charge in [-0.1, -0.05) is 22.0 Å². The van der Waals surface area contributed by atoms with Crippen LogP contribution in [0.3, 0.4) is 0 Å². The van der Waals surface area contributed by atoms with Crippen LogP contribution in [0.25, 0.3) is 0 Å². The number of hydrogen-bond donors (Lipinski definition) is 1. The summed E-state index contributed by atoms with van der Waals surface area (Å²) in [6, 6.07) is 7.73. The van der Waals surface area contributed by atoms with Crippen molar-refractivity contribution in [1.82, 2.24) is 4.90 Å². The van der Waals surface area contributed by atoms with Gasteiger partial charge in [-0.25, -0.2) is 0 Å². The highest BCUT2D eigenvalue weighted by atomic mass is 79.9. The van der Waals surface area contributed by atoms with Crippen molar-refractivity contribution in [2.45, 2.75) is 38.3 Å². The van der Waals surface area contributed by atoms with E-state index in [4.69, 9.17) is 5.73 Å². The highest BCUT2D eigenvalue weighted by Gasteiger charge is 2.30. The maximum atomic E-state index is 5.90. The van der Waals surface area contributed by atoms with Gasteiger partial charge in [0.2, 0.25) is 0 Å². The maximum Gasteiger partial charge on any atom is 0.0378 e. The van der Waals surface area contributed by atoms with E-state index in [2.05, 4.69) is 50.9 Å². The Morgan fingerprint density at radius 2 is 2.20 bits per heavy atom. The minimum Gasteiger partial charge on any atom is -0.369 e. The van der Waals surface area contributed by atoms with Gasteiger partial charge in [-0.2, -0.15) is 0 Å². The van der Waals surface area contributed by atoms with Crippen molar-refractivity contribution in [3.8, 4) is 0 Å². The Labute approximate surface area is 130 Å². The molecule has 20 heavy (non-hydrogen) atoms. The van der Waals surface area contributed by atoms with Gasteiger partial charge in [0.25, 0.3) is 0 Å². The Morgan fingerprint density at radius 1 is 1.35 bits per heavy atom. The predicted molar refractivity (Wildman–Crippen MR) is 88.3 cm³/mol. The molecule has 4 heteroatoms. The minimum atomic E-state index is 0.208. The monoisotopic (exact) mass is 337 g/mol. The summed E-state index contributed by atoms with van der Waals surface area (Å²) in [6.07, 6.45) is 3.66. The van der Waals surface area contributed by atoms with Gasteiger partial charge in [0, 0.05) is 41.9 Å². The van der Waals surface area contributed by atoms with E-state index < -0.39 is 0 Å². The Balaban J connectivity index is 1.72. The van der Waals surface area contributed by atoms with Crippen LogP contribution in [0.2, 0.25) is 0 Å². The molecule has 2 atom stereocenters. The normalized spacial score (nSPS) is 24.8. The quantitative estimate of drug-likeness (QED) is 0.920. The molecule has 2 N–H and O–H groups in total. The molecule has 0 bridgehead atoms. The fraction of sp³-hybridized carbons (Fsp3) is 0.625.